The van der Waals surface area contributed by atoms with Crippen LogP contribution in [0.1, 0.15) is 0 Å². The highest BCUT2D eigenvalue weighted by atomic mass is 19.1. The zero-order valence-corrected chi connectivity index (χ0v) is 8.57. The summed E-state index contributed by atoms with van der Waals surface area (Å²) >= 11 is 0. The molecule has 1 aromatic heterocycles. The predicted octanol–water partition coefficient (Wildman–Crippen LogP) is 2.23. The highest BCUT2D eigenvalue weighted by Crippen LogP contribution is 2.27. The fourth-order valence-corrected chi connectivity index (χ4v) is 1.47. The van der Waals surface area contributed by atoms with Crippen molar-refractivity contribution in [2.45, 2.75) is 0 Å². The monoisotopic (exact) mass is 206 g/mol. The van der Waals surface area contributed by atoms with Gasteiger partial charge in [-0.2, -0.15) is 0 Å². The highest BCUT2D eigenvalue weighted by molar-refractivity contribution is 5.59. The molecule has 0 spiro atoms. The normalized spacial score (nSPS) is 10.3. The lowest BCUT2D eigenvalue weighted by molar-refractivity contribution is 0.387. The van der Waals surface area contributed by atoms with E-state index in [0.29, 0.717) is 11.4 Å². The molecule has 0 radical (unpaired) electrons. The Balaban J connectivity index is 2.59. The number of halogens is 1. The van der Waals surface area contributed by atoms with E-state index in [1.165, 1.54) is 7.11 Å². The molecule has 0 saturated heterocycles. The van der Waals surface area contributed by atoms with Crippen molar-refractivity contribution in [1.29, 1.82) is 0 Å². The molecule has 1 aromatic carbocycles. The minimum absolute atomic E-state index is 0.232. The van der Waals surface area contributed by atoms with Crippen molar-refractivity contribution < 1.29 is 9.13 Å². The number of hydrogen-bond acceptors (Lipinski definition) is 2. The molecular weight excluding hydrogens is 195 g/mol. The van der Waals surface area contributed by atoms with Gasteiger partial charge in [0.1, 0.15) is 5.82 Å². The number of aryl methyl sites for hydroxylation is 1. The van der Waals surface area contributed by atoms with Gasteiger partial charge in [0, 0.05) is 19.4 Å². The molecule has 15 heavy (non-hydrogen) atoms. The van der Waals surface area contributed by atoms with E-state index in [1.54, 1.807) is 35.2 Å². The summed E-state index contributed by atoms with van der Waals surface area (Å²) in [5, 5.41) is 0. The van der Waals surface area contributed by atoms with Gasteiger partial charge in [-0.15, -0.1) is 0 Å². The lowest BCUT2D eigenvalue weighted by atomic mass is 10.2. The summed E-state index contributed by atoms with van der Waals surface area (Å²) in [5.74, 6) is 0.441. The van der Waals surface area contributed by atoms with Crippen molar-refractivity contribution in [3.05, 3.63) is 36.4 Å². The maximum absolute atomic E-state index is 13.8. The molecule has 4 heteroatoms. The van der Waals surface area contributed by atoms with Crippen molar-refractivity contribution in [3.8, 4) is 17.1 Å². The van der Waals surface area contributed by atoms with E-state index in [2.05, 4.69) is 4.98 Å². The van der Waals surface area contributed by atoms with Crippen LogP contribution in [0.15, 0.2) is 30.6 Å². The molecule has 0 unspecified atom stereocenters. The molecule has 0 saturated carbocycles. The van der Waals surface area contributed by atoms with Gasteiger partial charge in [0.2, 0.25) is 0 Å². The summed E-state index contributed by atoms with van der Waals surface area (Å²) in [7, 11) is 3.27. The number of imidazole rings is 1. The van der Waals surface area contributed by atoms with Crippen LogP contribution in [0.3, 0.4) is 0 Å². The molecule has 0 bridgehead atoms. The summed E-state index contributed by atoms with van der Waals surface area (Å²) in [6.45, 7) is 0. The zero-order valence-electron chi connectivity index (χ0n) is 8.57. The molecule has 0 aliphatic rings. The molecule has 0 atom stereocenters. The first-order chi connectivity index (χ1) is 7.24. The molecule has 0 N–H and O–H groups in total. The Morgan fingerprint density at radius 2 is 2.20 bits per heavy atom. The number of methoxy groups -OCH3 is 1. The van der Waals surface area contributed by atoms with Gasteiger partial charge in [-0.1, -0.05) is 6.07 Å². The standard InChI is InChI=1S/C11H11FN2O/c1-14-7-6-13-11(14)8-4-3-5-9(15-2)10(8)12/h3-7H,1-2H3. The molecule has 0 aliphatic carbocycles. The van der Waals surface area contributed by atoms with Gasteiger partial charge in [-0.3, -0.25) is 0 Å². The maximum atomic E-state index is 13.8. The number of ether oxygens (including phenoxy) is 1. The Morgan fingerprint density at radius 1 is 1.40 bits per heavy atom. The quantitative estimate of drug-likeness (QED) is 0.753. The van der Waals surface area contributed by atoms with E-state index in [0.717, 1.165) is 0 Å². The fourth-order valence-electron chi connectivity index (χ4n) is 1.47. The van der Waals surface area contributed by atoms with E-state index >= 15 is 0 Å². The van der Waals surface area contributed by atoms with Crippen LogP contribution in [0.5, 0.6) is 5.75 Å². The van der Waals surface area contributed by atoms with Gasteiger partial charge in [-0.25, -0.2) is 9.37 Å². The third-order valence-corrected chi connectivity index (χ3v) is 2.25. The van der Waals surface area contributed by atoms with Crippen LogP contribution in [-0.4, -0.2) is 16.7 Å². The van der Waals surface area contributed by atoms with Gasteiger partial charge < -0.3 is 9.30 Å². The Bertz CT molecular complexity index is 479. The maximum Gasteiger partial charge on any atom is 0.175 e. The first-order valence-corrected chi connectivity index (χ1v) is 4.54. The second kappa shape index (κ2) is 3.73. The zero-order chi connectivity index (χ0) is 10.8. The van der Waals surface area contributed by atoms with Crippen LogP contribution in [-0.2, 0) is 7.05 Å². The van der Waals surface area contributed by atoms with E-state index in [1.807, 2.05) is 7.05 Å². The molecule has 0 fully saturated rings. The highest BCUT2D eigenvalue weighted by Gasteiger charge is 2.12. The summed E-state index contributed by atoms with van der Waals surface area (Å²) < 4.78 is 20.5. The summed E-state index contributed by atoms with van der Waals surface area (Å²) in [4.78, 5) is 4.09. The topological polar surface area (TPSA) is 27.1 Å². The third-order valence-electron chi connectivity index (χ3n) is 2.25. The number of nitrogens with zero attached hydrogens (tertiary/aromatic N) is 2. The Kier molecular flexibility index (Phi) is 2.41. The largest absolute Gasteiger partial charge is 0.494 e. The second-order valence-electron chi connectivity index (χ2n) is 3.18. The molecule has 0 aliphatic heterocycles. The molecule has 3 nitrogen and oxygen atoms in total. The van der Waals surface area contributed by atoms with Crippen molar-refractivity contribution in [1.82, 2.24) is 9.55 Å². The lowest BCUT2D eigenvalue weighted by Crippen LogP contribution is -1.96. The van der Waals surface area contributed by atoms with Gasteiger partial charge in [-0.05, 0) is 12.1 Å². The Hall–Kier alpha value is -1.84. The van der Waals surface area contributed by atoms with Crippen molar-refractivity contribution in [2.75, 3.05) is 7.11 Å². The van der Waals surface area contributed by atoms with E-state index in [4.69, 9.17) is 4.74 Å². The molecule has 1 heterocycles. The Labute approximate surface area is 87.1 Å². The molecular formula is C11H11FN2O. The molecule has 2 aromatic rings. The third kappa shape index (κ3) is 1.58. The first-order valence-electron chi connectivity index (χ1n) is 4.54. The number of hydrogen-bond donors (Lipinski definition) is 0. The van der Waals surface area contributed by atoms with Crippen LogP contribution in [0.2, 0.25) is 0 Å². The summed E-state index contributed by atoms with van der Waals surface area (Å²) in [6, 6.07) is 5.01. The second-order valence-corrected chi connectivity index (χ2v) is 3.18. The fraction of sp³-hybridized carbons (Fsp3) is 0.182. The minimum atomic E-state index is -0.380. The molecule has 78 valence electrons. The Morgan fingerprint density at radius 3 is 2.80 bits per heavy atom. The average molecular weight is 206 g/mol. The summed E-state index contributed by atoms with van der Waals surface area (Å²) in [6.07, 6.45) is 3.41. The van der Waals surface area contributed by atoms with Crippen LogP contribution >= 0.6 is 0 Å². The number of rotatable bonds is 2. The number of aromatic nitrogens is 2. The molecule has 2 rings (SSSR count). The lowest BCUT2D eigenvalue weighted by Gasteiger charge is -2.06. The van der Waals surface area contributed by atoms with Crippen LogP contribution < -0.4 is 4.74 Å². The van der Waals surface area contributed by atoms with Gasteiger partial charge in [0.25, 0.3) is 0 Å². The first kappa shape index (κ1) is 9.71. The van der Waals surface area contributed by atoms with Crippen molar-refractivity contribution in [3.63, 3.8) is 0 Å². The molecule has 0 amide bonds. The van der Waals surface area contributed by atoms with Gasteiger partial charge in [0.05, 0.1) is 12.7 Å². The average Bonchev–Trinajstić information content (AvgIpc) is 2.65. The van der Waals surface area contributed by atoms with Gasteiger partial charge >= 0.3 is 0 Å². The van der Waals surface area contributed by atoms with E-state index in [9.17, 15) is 4.39 Å². The van der Waals surface area contributed by atoms with Crippen molar-refractivity contribution >= 4 is 0 Å². The summed E-state index contributed by atoms with van der Waals surface area (Å²) in [5.41, 5.74) is 0.446. The van der Waals surface area contributed by atoms with Gasteiger partial charge in [0.15, 0.2) is 11.6 Å². The van der Waals surface area contributed by atoms with Crippen LogP contribution in [0, 0.1) is 5.82 Å². The number of benzene rings is 1. The van der Waals surface area contributed by atoms with Crippen LogP contribution in [0.4, 0.5) is 4.39 Å². The smallest absolute Gasteiger partial charge is 0.175 e. The van der Waals surface area contributed by atoms with Crippen molar-refractivity contribution in [2.24, 2.45) is 7.05 Å². The predicted molar refractivity (Wildman–Crippen MR) is 55.2 cm³/mol. The van der Waals surface area contributed by atoms with E-state index in [-0.39, 0.29) is 11.6 Å². The van der Waals surface area contributed by atoms with Crippen LogP contribution in [0.25, 0.3) is 11.4 Å². The minimum Gasteiger partial charge on any atom is -0.494 e. The SMILES string of the molecule is COc1cccc(-c2nccn2C)c1F. The van der Waals surface area contributed by atoms with E-state index < -0.39 is 0 Å².